The van der Waals surface area contributed by atoms with Crippen molar-refractivity contribution in [2.24, 2.45) is 5.73 Å². The smallest absolute Gasteiger partial charge is 0.196 e. The fourth-order valence-corrected chi connectivity index (χ4v) is 4.21. The number of furan rings is 1. The molecule has 0 spiro atoms. The highest BCUT2D eigenvalue weighted by molar-refractivity contribution is 5.85. The van der Waals surface area contributed by atoms with Crippen molar-refractivity contribution < 1.29 is 4.42 Å². The Morgan fingerprint density at radius 2 is 1.70 bits per heavy atom. The van der Waals surface area contributed by atoms with E-state index in [0.717, 1.165) is 59.9 Å². The van der Waals surface area contributed by atoms with Gasteiger partial charge in [-0.25, -0.2) is 9.97 Å². The molecule has 4 rings (SSSR count). The lowest BCUT2D eigenvalue weighted by Crippen LogP contribution is -2.32. The molecule has 0 aliphatic rings. The minimum atomic E-state index is 0.158. The average Bonchev–Trinajstić information content (AvgIpc) is 3.21. The van der Waals surface area contributed by atoms with Crippen LogP contribution < -0.4 is 5.73 Å². The average molecular weight is 403 g/mol. The number of rotatable bonds is 9. The summed E-state index contributed by atoms with van der Waals surface area (Å²) in [6.45, 7) is 7.11. The van der Waals surface area contributed by atoms with Crippen molar-refractivity contribution in [3.8, 4) is 11.6 Å². The topological polar surface area (TPSA) is 68.2 Å². The first-order chi connectivity index (χ1) is 14.7. The Kier molecular flexibility index (Phi) is 6.41. The van der Waals surface area contributed by atoms with E-state index in [2.05, 4.69) is 36.9 Å². The van der Waals surface area contributed by atoms with Gasteiger partial charge in [0, 0.05) is 10.8 Å². The predicted octanol–water partition coefficient (Wildman–Crippen LogP) is 5.55. The third-order valence-electron chi connectivity index (χ3n) is 5.50. The molecule has 0 aliphatic heterocycles. The van der Waals surface area contributed by atoms with Crippen LogP contribution >= 0.6 is 0 Å². The number of fused-ring (bicyclic) bond motifs is 2. The first-order valence-corrected chi connectivity index (χ1v) is 10.9. The normalized spacial score (nSPS) is 12.8. The quantitative estimate of drug-likeness (QED) is 0.397. The van der Waals surface area contributed by atoms with Crippen molar-refractivity contribution in [2.45, 2.75) is 39.2 Å². The first kappa shape index (κ1) is 20.5. The molecule has 0 bridgehead atoms. The molecule has 0 amide bonds. The van der Waals surface area contributed by atoms with Gasteiger partial charge in [0.05, 0.1) is 17.3 Å². The van der Waals surface area contributed by atoms with Gasteiger partial charge >= 0.3 is 0 Å². The molecule has 0 saturated heterocycles. The lowest BCUT2D eigenvalue weighted by Gasteiger charge is -2.31. The van der Waals surface area contributed by atoms with Crippen LogP contribution in [0.25, 0.3) is 33.5 Å². The monoisotopic (exact) mass is 402 g/mol. The van der Waals surface area contributed by atoms with Crippen LogP contribution in [0, 0.1) is 0 Å². The zero-order chi connectivity index (χ0) is 20.9. The Morgan fingerprint density at radius 1 is 0.967 bits per heavy atom. The number of nitrogens with zero attached hydrogens (tertiary/aromatic N) is 3. The largest absolute Gasteiger partial charge is 0.453 e. The number of benzene rings is 2. The maximum Gasteiger partial charge on any atom is 0.196 e. The molecule has 0 fully saturated rings. The predicted molar refractivity (Wildman–Crippen MR) is 123 cm³/mol. The molecule has 1 unspecified atom stereocenters. The number of hydrogen-bond donors (Lipinski definition) is 1. The minimum absolute atomic E-state index is 0.158. The van der Waals surface area contributed by atoms with E-state index >= 15 is 0 Å². The van der Waals surface area contributed by atoms with E-state index in [1.54, 1.807) is 0 Å². The summed E-state index contributed by atoms with van der Waals surface area (Å²) in [6, 6.07) is 18.4. The molecule has 2 aromatic heterocycles. The van der Waals surface area contributed by atoms with E-state index in [1.165, 1.54) is 0 Å². The summed E-state index contributed by atoms with van der Waals surface area (Å²) in [7, 11) is 0. The van der Waals surface area contributed by atoms with Crippen LogP contribution in [-0.2, 0) is 0 Å². The molecule has 4 aromatic rings. The number of para-hydroxylation sites is 2. The number of hydrogen-bond acceptors (Lipinski definition) is 5. The van der Waals surface area contributed by atoms with E-state index in [-0.39, 0.29) is 6.04 Å². The van der Waals surface area contributed by atoms with Crippen molar-refractivity contribution in [3.05, 3.63) is 60.3 Å². The molecule has 0 saturated carbocycles. The van der Waals surface area contributed by atoms with Crippen molar-refractivity contribution in [1.82, 2.24) is 14.9 Å². The van der Waals surface area contributed by atoms with Crippen molar-refractivity contribution >= 4 is 21.9 Å². The second-order valence-electron chi connectivity index (χ2n) is 7.73. The molecular weight excluding hydrogens is 372 g/mol. The zero-order valence-electron chi connectivity index (χ0n) is 17.8. The zero-order valence-corrected chi connectivity index (χ0v) is 17.8. The molecule has 0 aliphatic carbocycles. The van der Waals surface area contributed by atoms with Crippen LogP contribution in [0.5, 0.6) is 0 Å². The number of aromatic nitrogens is 2. The number of nitrogens with two attached hydrogens (primary N) is 1. The molecular formula is C25H30N4O. The molecule has 2 N–H and O–H groups in total. The van der Waals surface area contributed by atoms with Gasteiger partial charge in [0.25, 0.3) is 0 Å². The van der Waals surface area contributed by atoms with Gasteiger partial charge in [0.1, 0.15) is 5.58 Å². The van der Waals surface area contributed by atoms with E-state index in [9.17, 15) is 0 Å². The fraction of sp³-hybridized carbons (Fsp3) is 0.360. The highest BCUT2D eigenvalue weighted by Gasteiger charge is 2.24. The van der Waals surface area contributed by atoms with Gasteiger partial charge in [-0.2, -0.15) is 0 Å². The van der Waals surface area contributed by atoms with Crippen molar-refractivity contribution in [1.29, 1.82) is 0 Å². The van der Waals surface area contributed by atoms with Crippen LogP contribution in [0.2, 0.25) is 0 Å². The second kappa shape index (κ2) is 9.37. The Hall–Kier alpha value is -2.76. The molecule has 156 valence electrons. The Morgan fingerprint density at radius 3 is 2.43 bits per heavy atom. The van der Waals surface area contributed by atoms with Crippen LogP contribution in [0.3, 0.4) is 0 Å². The Balaban J connectivity index is 1.88. The third kappa shape index (κ3) is 4.09. The van der Waals surface area contributed by atoms with Crippen LogP contribution in [-0.4, -0.2) is 34.5 Å². The lowest BCUT2D eigenvalue weighted by molar-refractivity contribution is 0.187. The van der Waals surface area contributed by atoms with E-state index in [1.807, 2.05) is 36.4 Å². The molecule has 0 radical (unpaired) electrons. The highest BCUT2D eigenvalue weighted by atomic mass is 16.3. The summed E-state index contributed by atoms with van der Waals surface area (Å²) < 4.78 is 6.09. The van der Waals surface area contributed by atoms with Gasteiger partial charge in [0.15, 0.2) is 11.6 Å². The summed E-state index contributed by atoms with van der Waals surface area (Å²) in [5.74, 6) is 1.34. The van der Waals surface area contributed by atoms with E-state index < -0.39 is 0 Å². The van der Waals surface area contributed by atoms with Gasteiger partial charge in [-0.15, -0.1) is 0 Å². The minimum Gasteiger partial charge on any atom is -0.453 e. The summed E-state index contributed by atoms with van der Waals surface area (Å²) in [5, 5.41) is 2.15. The van der Waals surface area contributed by atoms with Gasteiger partial charge in [-0.3, -0.25) is 4.90 Å². The highest BCUT2D eigenvalue weighted by Crippen LogP contribution is 2.32. The second-order valence-corrected chi connectivity index (χ2v) is 7.73. The van der Waals surface area contributed by atoms with Crippen LogP contribution in [0.1, 0.15) is 44.8 Å². The van der Waals surface area contributed by atoms with Crippen molar-refractivity contribution in [3.63, 3.8) is 0 Å². The van der Waals surface area contributed by atoms with Gasteiger partial charge in [-0.1, -0.05) is 50.2 Å². The fourth-order valence-electron chi connectivity index (χ4n) is 4.21. The molecule has 2 aromatic carbocycles. The standard InChI is InChI=1S/C25H30N4O/c1-3-15-29(16-4-2)21(13-14-26)24-19-10-6-7-11-20(19)27-25(28-24)23-17-18-9-5-8-12-22(18)30-23/h5-12,17,21H,3-4,13-16,26H2,1-2H3. The summed E-state index contributed by atoms with van der Waals surface area (Å²) in [6.07, 6.45) is 3.06. The third-order valence-corrected chi connectivity index (χ3v) is 5.50. The van der Waals surface area contributed by atoms with Gasteiger partial charge in [0.2, 0.25) is 0 Å². The van der Waals surface area contributed by atoms with E-state index in [0.29, 0.717) is 18.1 Å². The lowest BCUT2D eigenvalue weighted by atomic mass is 10.0. The maximum absolute atomic E-state index is 6.09. The molecule has 5 nitrogen and oxygen atoms in total. The summed E-state index contributed by atoms with van der Waals surface area (Å²) >= 11 is 0. The molecule has 1 atom stereocenters. The van der Waals surface area contributed by atoms with Gasteiger partial charge in [-0.05, 0) is 57.1 Å². The molecule has 2 heterocycles. The summed E-state index contributed by atoms with van der Waals surface area (Å²) in [5.41, 5.74) is 8.89. The Labute approximate surface area is 177 Å². The Bertz CT molecular complexity index is 1080. The van der Waals surface area contributed by atoms with E-state index in [4.69, 9.17) is 20.1 Å². The SMILES string of the molecule is CCCN(CCC)C(CCN)c1nc(-c2cc3ccccc3o2)nc2ccccc12. The molecule has 5 heteroatoms. The maximum atomic E-state index is 6.09. The summed E-state index contributed by atoms with van der Waals surface area (Å²) in [4.78, 5) is 12.4. The van der Waals surface area contributed by atoms with Crippen LogP contribution in [0.15, 0.2) is 59.0 Å². The van der Waals surface area contributed by atoms with Crippen molar-refractivity contribution in [2.75, 3.05) is 19.6 Å². The first-order valence-electron chi connectivity index (χ1n) is 10.9. The van der Waals surface area contributed by atoms with Gasteiger partial charge < -0.3 is 10.2 Å². The molecule has 30 heavy (non-hydrogen) atoms. The van der Waals surface area contributed by atoms with Crippen LogP contribution in [0.4, 0.5) is 0 Å².